The van der Waals surface area contributed by atoms with Crippen molar-refractivity contribution in [2.24, 2.45) is 0 Å². The van der Waals surface area contributed by atoms with Crippen molar-refractivity contribution in [2.45, 2.75) is 120 Å². The summed E-state index contributed by atoms with van der Waals surface area (Å²) in [7, 11) is 0.793. The van der Waals surface area contributed by atoms with E-state index < -0.39 is 21.0 Å². The number of ether oxygens (including phenoxy) is 1. The Hall–Kier alpha value is -6.75. The van der Waals surface area contributed by atoms with E-state index in [2.05, 4.69) is 55.5 Å². The summed E-state index contributed by atoms with van der Waals surface area (Å²) >= 11 is 0. The first-order valence-electron chi connectivity index (χ1n) is 27.6. The number of carbonyl (C=O) groups is 2. The molecule has 412 valence electrons. The van der Waals surface area contributed by atoms with E-state index in [1.165, 1.54) is 0 Å². The Balaban J connectivity index is 0.837. The van der Waals surface area contributed by atoms with Crippen molar-refractivity contribution in [1.82, 2.24) is 49.5 Å². The summed E-state index contributed by atoms with van der Waals surface area (Å²) in [4.78, 5) is 79.9. The van der Waals surface area contributed by atoms with Gasteiger partial charge in [0.15, 0.2) is 15.4 Å². The SMILES string of the molecule is C[C@@H]1CN(c2ncnc3c2C2(CCC2)CN3c2cc(C#N)ccn2)[C@@H](C)CN1C(=O)C(C)(C[N+]#Cc1ccnc(N2CC3(CCC3)c3c(N4CCN(C(=O)OC(C)(C)C)C(CN(C)C)C4)ncnc32)c1)N1CCS(=O)(=O)CC1. The molecule has 2 unspecified atom stereocenters. The minimum absolute atomic E-state index is 0.0340. The Morgan fingerprint density at radius 1 is 0.756 bits per heavy atom. The Bertz CT molecular complexity index is 3200. The smallest absolute Gasteiger partial charge is 0.410 e. The molecular formula is C56H73N16O5S+. The maximum absolute atomic E-state index is 15.4. The molecule has 22 heteroatoms. The molecule has 0 bridgehead atoms. The first-order valence-corrected chi connectivity index (χ1v) is 29.5. The standard InChI is InChI=1S/C56H73N16O5S/c1-38-30-70(39(2)29-69(38)48-46-50(64-37-62-48)71(35-56(46)15-10-16-56)43-25-40(27-57)11-17-59-43)51(73)54(6,67-21-23-78(75,76)24-22-67)33-58-28-41-12-18-60-44(26-41)72-34-55(13-9-14-55)45-47(61-36-63-49(45)72)66-19-20-68(42(32-66)31-65(7)8)52(74)77-53(3,4)5/h11-12,17-18,25-26,36-39,42H,9-10,13-16,19-24,29-35H2,1-8H3/q+1/t38-,39+,42?,54?/m0/s1. The molecule has 0 aromatic carbocycles. The summed E-state index contributed by atoms with van der Waals surface area (Å²) in [6.45, 7) is 17.0. The Labute approximate surface area is 458 Å². The van der Waals surface area contributed by atoms with Crippen LogP contribution in [0.15, 0.2) is 49.3 Å². The topological polar surface area (TPSA) is 209 Å². The van der Waals surface area contributed by atoms with Gasteiger partial charge in [-0.05, 0) is 99.5 Å². The number of likely N-dealkylation sites (N-methyl/N-ethyl adjacent to an activating group) is 1. The van der Waals surface area contributed by atoms with Gasteiger partial charge in [0.2, 0.25) is 0 Å². The van der Waals surface area contributed by atoms with Crippen LogP contribution in [0.1, 0.15) is 102 Å². The predicted molar refractivity (Wildman–Crippen MR) is 298 cm³/mol. The van der Waals surface area contributed by atoms with Crippen LogP contribution in [-0.2, 0) is 30.2 Å². The van der Waals surface area contributed by atoms with E-state index >= 15 is 4.79 Å². The fourth-order valence-corrected chi connectivity index (χ4v) is 14.3. The lowest BCUT2D eigenvalue weighted by Gasteiger charge is -2.49. The summed E-state index contributed by atoms with van der Waals surface area (Å²) in [6, 6.07) is 12.4. The van der Waals surface area contributed by atoms with Gasteiger partial charge >= 0.3 is 12.2 Å². The molecule has 78 heavy (non-hydrogen) atoms. The number of aromatic nitrogens is 6. The van der Waals surface area contributed by atoms with Crippen molar-refractivity contribution in [3.8, 4) is 12.1 Å². The molecule has 0 radical (unpaired) electrons. The summed E-state index contributed by atoms with van der Waals surface area (Å²) in [5.74, 6) is 4.66. The van der Waals surface area contributed by atoms with Gasteiger partial charge in [-0.3, -0.25) is 9.69 Å². The molecule has 4 aromatic rings. The van der Waals surface area contributed by atoms with Crippen molar-refractivity contribution >= 4 is 56.7 Å². The first-order chi connectivity index (χ1) is 37.2. The highest BCUT2D eigenvalue weighted by atomic mass is 32.2. The van der Waals surface area contributed by atoms with Gasteiger partial charge in [-0.15, -0.1) is 0 Å². The number of nitriles is 1. The molecule has 4 atom stereocenters. The Kier molecular flexibility index (Phi) is 13.8. The zero-order chi connectivity index (χ0) is 54.9. The minimum Gasteiger partial charge on any atom is -0.444 e. The van der Waals surface area contributed by atoms with Gasteiger partial charge in [-0.25, -0.2) is 43.1 Å². The quantitative estimate of drug-likeness (QED) is 0.207. The molecular weight excluding hydrogens is 1010 g/mol. The van der Waals surface area contributed by atoms with Gasteiger partial charge in [-0.1, -0.05) is 17.7 Å². The molecule has 4 aromatic heterocycles. The highest BCUT2D eigenvalue weighted by Crippen LogP contribution is 2.58. The number of anilines is 6. The number of hydrogen-bond acceptors (Lipinski definition) is 18. The van der Waals surface area contributed by atoms with E-state index in [4.69, 9.17) is 34.5 Å². The summed E-state index contributed by atoms with van der Waals surface area (Å²) in [5, 5.41) is 9.69. The first kappa shape index (κ1) is 53.3. The molecule has 5 fully saturated rings. The number of rotatable bonds is 9. The average Bonchev–Trinajstić information content (AvgIpc) is 4.01. The summed E-state index contributed by atoms with van der Waals surface area (Å²) < 4.78 is 31.5. The lowest BCUT2D eigenvalue weighted by molar-refractivity contribution is -0.146. The van der Waals surface area contributed by atoms with Crippen LogP contribution in [0.4, 0.5) is 39.7 Å². The molecule has 2 aliphatic carbocycles. The number of carbonyl (C=O) groups excluding carboxylic acids is 2. The maximum atomic E-state index is 15.4. The van der Waals surface area contributed by atoms with E-state index in [1.54, 1.807) is 31.1 Å². The molecule has 2 spiro atoms. The van der Waals surface area contributed by atoms with E-state index in [-0.39, 0.29) is 72.1 Å². The average molecular weight is 1080 g/mol. The zero-order valence-corrected chi connectivity index (χ0v) is 47.2. The largest absolute Gasteiger partial charge is 0.444 e. The van der Waals surface area contributed by atoms with Crippen molar-refractivity contribution in [3.63, 3.8) is 0 Å². The lowest BCUT2D eigenvalue weighted by atomic mass is 9.66. The highest BCUT2D eigenvalue weighted by Gasteiger charge is 2.55. The summed E-state index contributed by atoms with van der Waals surface area (Å²) in [5.41, 5.74) is 1.40. The van der Waals surface area contributed by atoms with Crippen molar-refractivity contribution < 1.29 is 22.7 Å². The molecule has 2 saturated carbocycles. The molecule has 3 saturated heterocycles. The zero-order valence-electron chi connectivity index (χ0n) is 46.4. The third-order valence-electron chi connectivity index (χ3n) is 17.5. The van der Waals surface area contributed by atoms with Gasteiger partial charge < -0.3 is 39.0 Å². The minimum atomic E-state index is -3.25. The number of sulfone groups is 1. The normalized spacial score (nSPS) is 23.9. The van der Waals surface area contributed by atoms with Crippen LogP contribution in [-0.4, -0.2) is 197 Å². The molecule has 0 N–H and O–H groups in total. The number of pyridine rings is 2. The van der Waals surface area contributed by atoms with Crippen LogP contribution in [0.3, 0.4) is 0 Å². The van der Waals surface area contributed by atoms with Crippen molar-refractivity contribution in [2.75, 3.05) is 117 Å². The van der Waals surface area contributed by atoms with Crippen molar-refractivity contribution in [3.05, 3.63) is 76.4 Å². The van der Waals surface area contributed by atoms with E-state index in [0.717, 1.165) is 72.9 Å². The number of piperazine rings is 2. The Morgan fingerprint density at radius 2 is 1.33 bits per heavy atom. The molecule has 21 nitrogen and oxygen atoms in total. The van der Waals surface area contributed by atoms with Gasteiger partial charge in [-0.2, -0.15) is 5.26 Å². The molecule has 5 aliphatic heterocycles. The fraction of sp³-hybridized carbons (Fsp3) is 0.607. The van der Waals surface area contributed by atoms with Gasteiger partial charge in [0.05, 0.1) is 29.2 Å². The molecule has 2 amide bonds. The molecule has 7 aliphatic rings. The van der Waals surface area contributed by atoms with Crippen LogP contribution in [0.5, 0.6) is 0 Å². The second kappa shape index (κ2) is 20.2. The van der Waals surface area contributed by atoms with E-state index in [1.807, 2.05) is 74.7 Å². The van der Waals surface area contributed by atoms with Crippen LogP contribution in [0, 0.1) is 17.4 Å². The number of hydrogen-bond donors (Lipinski definition) is 0. The predicted octanol–water partition coefficient (Wildman–Crippen LogP) is 5.36. The molecule has 9 heterocycles. The van der Waals surface area contributed by atoms with Gasteiger partial charge in [0, 0.05) is 118 Å². The van der Waals surface area contributed by atoms with Gasteiger partial charge in [0.25, 0.3) is 12.5 Å². The van der Waals surface area contributed by atoms with Crippen LogP contribution >= 0.6 is 0 Å². The second-order valence-corrected chi connectivity index (χ2v) is 26.6. The Morgan fingerprint density at radius 3 is 1.91 bits per heavy atom. The number of fused-ring (bicyclic) bond motifs is 4. The summed E-state index contributed by atoms with van der Waals surface area (Å²) in [6.07, 6.45) is 12.6. The number of nitrogens with zero attached hydrogens (tertiary/aromatic N) is 16. The van der Waals surface area contributed by atoms with Crippen LogP contribution < -0.4 is 19.6 Å². The van der Waals surface area contributed by atoms with Gasteiger partial charge in [0.1, 0.15) is 58.7 Å². The third kappa shape index (κ3) is 9.71. The van der Waals surface area contributed by atoms with Crippen LogP contribution in [0.2, 0.25) is 0 Å². The monoisotopic (exact) mass is 1080 g/mol. The van der Waals surface area contributed by atoms with Crippen molar-refractivity contribution in [1.29, 1.82) is 5.26 Å². The maximum Gasteiger partial charge on any atom is 0.410 e. The van der Waals surface area contributed by atoms with Crippen LogP contribution in [0.25, 0.3) is 4.85 Å². The van der Waals surface area contributed by atoms with E-state index in [9.17, 15) is 18.5 Å². The fourth-order valence-electron chi connectivity index (χ4n) is 13.1. The molecule has 11 rings (SSSR count). The second-order valence-electron chi connectivity index (χ2n) is 24.3. The third-order valence-corrected chi connectivity index (χ3v) is 19.1. The number of amides is 2. The lowest BCUT2D eigenvalue weighted by Crippen LogP contribution is -2.67. The van der Waals surface area contributed by atoms with E-state index in [0.29, 0.717) is 75.1 Å². The highest BCUT2D eigenvalue weighted by molar-refractivity contribution is 7.91.